The van der Waals surface area contributed by atoms with Crippen molar-refractivity contribution < 1.29 is 19.0 Å². The van der Waals surface area contributed by atoms with Gasteiger partial charge in [-0.15, -0.1) is 0 Å². The summed E-state index contributed by atoms with van der Waals surface area (Å²) in [5.74, 6) is 1.18. The van der Waals surface area contributed by atoms with Crippen molar-refractivity contribution in [3.63, 3.8) is 0 Å². The Morgan fingerprint density at radius 3 is 2.76 bits per heavy atom. The highest BCUT2D eigenvalue weighted by Crippen LogP contribution is 2.26. The third kappa shape index (κ3) is 4.39. The highest BCUT2D eigenvalue weighted by Gasteiger charge is 2.23. The van der Waals surface area contributed by atoms with E-state index in [1.54, 1.807) is 31.4 Å². The number of para-hydroxylation sites is 1. The van der Waals surface area contributed by atoms with Crippen LogP contribution in [-0.2, 0) is 9.53 Å². The summed E-state index contributed by atoms with van der Waals surface area (Å²) in [6, 6.07) is 14.6. The molecule has 0 spiro atoms. The number of rotatable bonds is 6. The second kappa shape index (κ2) is 7.85. The Hall–Kier alpha value is -2.79. The van der Waals surface area contributed by atoms with Gasteiger partial charge in [-0.2, -0.15) is 0 Å². The summed E-state index contributed by atoms with van der Waals surface area (Å²) >= 11 is 6.00. The number of nitrogens with zero attached hydrogens (tertiary/aromatic N) is 1. The topological polar surface area (TPSA) is 57.1 Å². The molecular formula is C19H16ClNO4. The summed E-state index contributed by atoms with van der Waals surface area (Å²) in [4.78, 5) is 16.2. The molecule has 1 heterocycles. The summed E-state index contributed by atoms with van der Waals surface area (Å²) in [5.41, 5.74) is 0.864. The Morgan fingerprint density at radius 1 is 1.20 bits per heavy atom. The highest BCUT2D eigenvalue weighted by molar-refractivity contribution is 6.30. The van der Waals surface area contributed by atoms with Crippen molar-refractivity contribution >= 4 is 29.5 Å². The van der Waals surface area contributed by atoms with Gasteiger partial charge in [0.2, 0.25) is 5.90 Å². The second-order valence-electron chi connectivity index (χ2n) is 5.22. The summed E-state index contributed by atoms with van der Waals surface area (Å²) in [5, 5.41) is 0.541. The van der Waals surface area contributed by atoms with Crippen molar-refractivity contribution in [2.24, 2.45) is 4.99 Å². The van der Waals surface area contributed by atoms with Crippen molar-refractivity contribution in [2.75, 3.05) is 13.7 Å². The average molecular weight is 358 g/mol. The van der Waals surface area contributed by atoms with Gasteiger partial charge < -0.3 is 14.2 Å². The van der Waals surface area contributed by atoms with E-state index in [-0.39, 0.29) is 5.70 Å². The van der Waals surface area contributed by atoms with E-state index in [0.717, 1.165) is 5.75 Å². The van der Waals surface area contributed by atoms with E-state index in [0.29, 0.717) is 35.3 Å². The monoisotopic (exact) mass is 357 g/mol. The molecule has 128 valence electrons. The zero-order chi connectivity index (χ0) is 17.6. The number of ether oxygens (including phenoxy) is 3. The van der Waals surface area contributed by atoms with Crippen molar-refractivity contribution in [1.29, 1.82) is 0 Å². The van der Waals surface area contributed by atoms with Gasteiger partial charge in [-0.1, -0.05) is 29.8 Å². The van der Waals surface area contributed by atoms with Crippen molar-refractivity contribution in [3.8, 4) is 11.5 Å². The van der Waals surface area contributed by atoms with E-state index in [9.17, 15) is 4.79 Å². The molecule has 1 aliphatic rings. The third-order valence-electron chi connectivity index (χ3n) is 3.48. The van der Waals surface area contributed by atoms with E-state index in [1.165, 1.54) is 0 Å². The fraction of sp³-hybridized carbons (Fsp3) is 0.158. The van der Waals surface area contributed by atoms with Gasteiger partial charge in [-0.25, -0.2) is 9.79 Å². The minimum atomic E-state index is -0.503. The van der Waals surface area contributed by atoms with E-state index in [1.807, 2.05) is 30.3 Å². The third-order valence-corrected chi connectivity index (χ3v) is 3.71. The standard InChI is InChI=1S/C19H16ClNO4/c1-23-17-8-7-14(20)11-13(17)12-16-19(22)25-18(21-16)9-10-24-15-5-3-2-4-6-15/h2-8,11-12H,9-10H2,1H3/b16-12+. The number of cyclic esters (lactones) is 1. The lowest BCUT2D eigenvalue weighted by Gasteiger charge is -2.04. The fourth-order valence-corrected chi connectivity index (χ4v) is 2.48. The molecule has 1 aliphatic heterocycles. The second-order valence-corrected chi connectivity index (χ2v) is 5.66. The maximum absolute atomic E-state index is 12.0. The molecule has 0 fully saturated rings. The number of hydrogen-bond acceptors (Lipinski definition) is 5. The molecule has 3 rings (SSSR count). The molecule has 0 aliphatic carbocycles. The first-order valence-corrected chi connectivity index (χ1v) is 8.06. The molecule has 0 aromatic heterocycles. The molecule has 6 heteroatoms. The summed E-state index contributed by atoms with van der Waals surface area (Å²) < 4.78 is 16.0. The van der Waals surface area contributed by atoms with Crippen LogP contribution < -0.4 is 9.47 Å². The lowest BCUT2D eigenvalue weighted by Crippen LogP contribution is -2.08. The molecule has 0 unspecified atom stereocenters. The predicted molar refractivity (Wildman–Crippen MR) is 96.1 cm³/mol. The number of hydrogen-bond donors (Lipinski definition) is 0. The Kier molecular flexibility index (Phi) is 5.36. The zero-order valence-corrected chi connectivity index (χ0v) is 14.3. The lowest BCUT2D eigenvalue weighted by molar-refractivity contribution is -0.130. The molecule has 2 aromatic carbocycles. The molecular weight excluding hydrogens is 342 g/mol. The number of benzene rings is 2. The number of carbonyl (C=O) groups is 1. The van der Waals surface area contributed by atoms with Crippen LogP contribution in [0.3, 0.4) is 0 Å². The molecule has 5 nitrogen and oxygen atoms in total. The zero-order valence-electron chi connectivity index (χ0n) is 13.6. The Morgan fingerprint density at radius 2 is 2.00 bits per heavy atom. The summed E-state index contributed by atoms with van der Waals surface area (Å²) in [6.45, 7) is 0.365. The minimum absolute atomic E-state index is 0.204. The van der Waals surface area contributed by atoms with Crippen LogP contribution in [0, 0.1) is 0 Å². The van der Waals surface area contributed by atoms with Gasteiger partial charge in [-0.3, -0.25) is 0 Å². The van der Waals surface area contributed by atoms with E-state index >= 15 is 0 Å². The number of carbonyl (C=O) groups excluding carboxylic acids is 1. The summed E-state index contributed by atoms with van der Waals surface area (Å²) in [6.07, 6.45) is 1.99. The molecule has 0 saturated heterocycles. The number of methoxy groups -OCH3 is 1. The number of esters is 1. The minimum Gasteiger partial charge on any atom is -0.496 e. The van der Waals surface area contributed by atoms with Crippen LogP contribution >= 0.6 is 11.6 Å². The first kappa shape index (κ1) is 17.0. The normalized spacial score (nSPS) is 15.0. The van der Waals surface area contributed by atoms with Crippen LogP contribution in [0.1, 0.15) is 12.0 Å². The van der Waals surface area contributed by atoms with Gasteiger partial charge in [0.1, 0.15) is 11.5 Å². The quantitative estimate of drug-likeness (QED) is 0.576. The van der Waals surface area contributed by atoms with Crippen LogP contribution in [0.25, 0.3) is 6.08 Å². The number of aliphatic imine (C=N–C) groups is 1. The maximum Gasteiger partial charge on any atom is 0.363 e. The SMILES string of the molecule is COc1ccc(Cl)cc1/C=C1/N=C(CCOc2ccccc2)OC1=O. The van der Waals surface area contributed by atoms with Crippen LogP contribution in [0.2, 0.25) is 5.02 Å². The maximum atomic E-state index is 12.0. The van der Waals surface area contributed by atoms with Gasteiger partial charge in [-0.05, 0) is 36.4 Å². The lowest BCUT2D eigenvalue weighted by atomic mass is 10.1. The van der Waals surface area contributed by atoms with Gasteiger partial charge in [0.25, 0.3) is 0 Å². The largest absolute Gasteiger partial charge is 0.496 e. The van der Waals surface area contributed by atoms with Crippen molar-refractivity contribution in [2.45, 2.75) is 6.42 Å². The smallest absolute Gasteiger partial charge is 0.363 e. The van der Waals surface area contributed by atoms with Crippen LogP contribution in [0.15, 0.2) is 59.2 Å². The molecule has 0 amide bonds. The molecule has 0 saturated carbocycles. The van der Waals surface area contributed by atoms with Crippen LogP contribution in [0.5, 0.6) is 11.5 Å². The first-order valence-electron chi connectivity index (χ1n) is 7.68. The Labute approximate surface area is 150 Å². The van der Waals surface area contributed by atoms with Crippen LogP contribution in [0.4, 0.5) is 0 Å². The van der Waals surface area contributed by atoms with E-state index in [4.69, 9.17) is 25.8 Å². The van der Waals surface area contributed by atoms with Gasteiger partial charge in [0, 0.05) is 10.6 Å². The molecule has 0 radical (unpaired) electrons. The van der Waals surface area contributed by atoms with Gasteiger partial charge >= 0.3 is 5.97 Å². The van der Waals surface area contributed by atoms with E-state index in [2.05, 4.69) is 4.99 Å². The average Bonchev–Trinajstić information content (AvgIpc) is 2.96. The van der Waals surface area contributed by atoms with Crippen molar-refractivity contribution in [1.82, 2.24) is 0 Å². The van der Waals surface area contributed by atoms with Gasteiger partial charge in [0.05, 0.1) is 20.1 Å². The Balaban J connectivity index is 1.69. The highest BCUT2D eigenvalue weighted by atomic mass is 35.5. The van der Waals surface area contributed by atoms with Crippen molar-refractivity contribution in [3.05, 3.63) is 64.8 Å². The molecule has 25 heavy (non-hydrogen) atoms. The van der Waals surface area contributed by atoms with E-state index < -0.39 is 5.97 Å². The summed E-state index contributed by atoms with van der Waals surface area (Å²) in [7, 11) is 1.55. The number of halogens is 1. The van der Waals surface area contributed by atoms with Gasteiger partial charge in [0.15, 0.2) is 5.70 Å². The van der Waals surface area contributed by atoms with Crippen LogP contribution in [-0.4, -0.2) is 25.6 Å². The molecule has 0 atom stereocenters. The molecule has 0 bridgehead atoms. The molecule has 0 N–H and O–H groups in total. The first-order chi connectivity index (χ1) is 12.2. The Bertz CT molecular complexity index is 831. The molecule has 2 aromatic rings. The predicted octanol–water partition coefficient (Wildman–Crippen LogP) is 4.11. The fourth-order valence-electron chi connectivity index (χ4n) is 2.30.